The van der Waals surface area contributed by atoms with Crippen LogP contribution in [-0.2, 0) is 4.79 Å². The van der Waals surface area contributed by atoms with Crippen LogP contribution in [-0.4, -0.2) is 54.4 Å². The second kappa shape index (κ2) is 8.09. The Kier molecular flexibility index (Phi) is 5.84. The fraction of sp³-hybridized carbons (Fsp3) is 0.579. The summed E-state index contributed by atoms with van der Waals surface area (Å²) in [6, 6.07) is 4.64. The number of hydrogen-bond acceptors (Lipinski definition) is 3. The van der Waals surface area contributed by atoms with E-state index in [1.54, 1.807) is 23.1 Å². The summed E-state index contributed by atoms with van der Waals surface area (Å²) < 4.78 is 5.31. The molecule has 2 aliphatic rings. The topological polar surface area (TPSA) is 49.9 Å². The van der Waals surface area contributed by atoms with Crippen LogP contribution in [0.3, 0.4) is 0 Å². The summed E-state index contributed by atoms with van der Waals surface area (Å²) in [4.78, 5) is 29.7. The summed E-state index contributed by atoms with van der Waals surface area (Å²) in [5, 5.41) is 0.485. The van der Waals surface area contributed by atoms with Crippen LogP contribution in [0, 0.1) is 0 Å². The predicted octanol–water partition coefficient (Wildman–Crippen LogP) is 3.36. The molecule has 0 spiro atoms. The van der Waals surface area contributed by atoms with E-state index in [0.29, 0.717) is 22.9 Å². The Morgan fingerprint density at radius 1 is 1.08 bits per heavy atom. The van der Waals surface area contributed by atoms with Crippen molar-refractivity contribution >= 4 is 23.4 Å². The lowest BCUT2D eigenvalue weighted by Crippen LogP contribution is -2.48. The molecule has 2 heterocycles. The Bertz CT molecular complexity index is 642. The monoisotopic (exact) mass is 364 g/mol. The van der Waals surface area contributed by atoms with Gasteiger partial charge in [0.1, 0.15) is 11.8 Å². The van der Waals surface area contributed by atoms with Gasteiger partial charge < -0.3 is 14.5 Å². The van der Waals surface area contributed by atoms with Crippen LogP contribution >= 0.6 is 11.6 Å². The lowest BCUT2D eigenvalue weighted by molar-refractivity contribution is -0.135. The van der Waals surface area contributed by atoms with Crippen LogP contribution in [0.5, 0.6) is 5.75 Å². The van der Waals surface area contributed by atoms with Gasteiger partial charge in [-0.2, -0.15) is 0 Å². The fourth-order valence-electron chi connectivity index (χ4n) is 3.77. The molecular formula is C19H25ClN2O3. The summed E-state index contributed by atoms with van der Waals surface area (Å²) in [6.45, 7) is 2.20. The molecule has 0 N–H and O–H groups in total. The van der Waals surface area contributed by atoms with E-state index in [9.17, 15) is 9.59 Å². The number of carbonyl (C=O) groups excluding carboxylic acids is 2. The number of ether oxygens (including phenoxy) is 1. The zero-order valence-corrected chi connectivity index (χ0v) is 15.4. The standard InChI is InChI=1S/C19H25ClN2O3/c1-25-17-9-8-14(20)13-15(17)18(23)22-12-6-7-16(22)19(24)21-10-4-2-3-5-11-21/h8-9,13,16H,2-7,10-12H2,1H3/t16-/m1/s1. The van der Waals surface area contributed by atoms with E-state index >= 15 is 0 Å². The van der Waals surface area contributed by atoms with Gasteiger partial charge in [-0.1, -0.05) is 24.4 Å². The highest BCUT2D eigenvalue weighted by molar-refractivity contribution is 6.31. The number of hydrogen-bond donors (Lipinski definition) is 0. The van der Waals surface area contributed by atoms with E-state index in [4.69, 9.17) is 16.3 Å². The highest BCUT2D eigenvalue weighted by atomic mass is 35.5. The fourth-order valence-corrected chi connectivity index (χ4v) is 3.94. The largest absolute Gasteiger partial charge is 0.496 e. The molecule has 0 bridgehead atoms. The molecule has 2 aliphatic heterocycles. The van der Waals surface area contributed by atoms with Gasteiger partial charge in [0.15, 0.2) is 0 Å². The Balaban J connectivity index is 1.80. The summed E-state index contributed by atoms with van der Waals surface area (Å²) >= 11 is 6.06. The number of carbonyl (C=O) groups is 2. The third-order valence-electron chi connectivity index (χ3n) is 5.11. The highest BCUT2D eigenvalue weighted by Crippen LogP contribution is 2.28. The molecule has 2 fully saturated rings. The molecule has 1 aromatic carbocycles. The Morgan fingerprint density at radius 2 is 1.80 bits per heavy atom. The molecule has 0 aliphatic carbocycles. The van der Waals surface area contributed by atoms with Gasteiger partial charge in [0, 0.05) is 24.7 Å². The maximum Gasteiger partial charge on any atom is 0.258 e. The molecule has 0 unspecified atom stereocenters. The molecule has 5 nitrogen and oxygen atoms in total. The lowest BCUT2D eigenvalue weighted by Gasteiger charge is -2.30. The van der Waals surface area contributed by atoms with Crippen LogP contribution in [0.1, 0.15) is 48.9 Å². The van der Waals surface area contributed by atoms with Gasteiger partial charge in [0.25, 0.3) is 5.91 Å². The van der Waals surface area contributed by atoms with Crippen molar-refractivity contribution < 1.29 is 14.3 Å². The van der Waals surface area contributed by atoms with Crippen molar-refractivity contribution in [2.24, 2.45) is 0 Å². The molecule has 3 rings (SSSR count). The molecule has 1 atom stereocenters. The first-order chi connectivity index (χ1) is 12.1. The van der Waals surface area contributed by atoms with E-state index < -0.39 is 0 Å². The number of amides is 2. The van der Waals surface area contributed by atoms with Gasteiger partial charge in [-0.3, -0.25) is 9.59 Å². The van der Waals surface area contributed by atoms with Crippen LogP contribution in [0.4, 0.5) is 0 Å². The number of nitrogens with zero attached hydrogens (tertiary/aromatic N) is 2. The van der Waals surface area contributed by atoms with Crippen molar-refractivity contribution in [3.05, 3.63) is 28.8 Å². The molecule has 136 valence electrons. The maximum absolute atomic E-state index is 13.1. The first-order valence-electron chi connectivity index (χ1n) is 9.05. The van der Waals surface area contributed by atoms with Gasteiger partial charge in [0.05, 0.1) is 12.7 Å². The molecule has 2 amide bonds. The molecule has 0 radical (unpaired) electrons. The second-order valence-corrected chi connectivity index (χ2v) is 7.18. The molecule has 0 aromatic heterocycles. The van der Waals surface area contributed by atoms with Gasteiger partial charge in [0.2, 0.25) is 5.91 Å². The predicted molar refractivity (Wildman–Crippen MR) is 97.1 cm³/mol. The second-order valence-electron chi connectivity index (χ2n) is 6.74. The van der Waals surface area contributed by atoms with Crippen molar-refractivity contribution in [3.63, 3.8) is 0 Å². The van der Waals surface area contributed by atoms with E-state index in [0.717, 1.165) is 38.8 Å². The molecule has 1 aromatic rings. The van der Waals surface area contributed by atoms with Crippen molar-refractivity contribution in [1.29, 1.82) is 0 Å². The quantitative estimate of drug-likeness (QED) is 0.826. The maximum atomic E-state index is 13.1. The first kappa shape index (κ1) is 18.1. The van der Waals surface area contributed by atoms with Gasteiger partial charge in [-0.05, 0) is 43.9 Å². The van der Waals surface area contributed by atoms with Crippen molar-refractivity contribution in [1.82, 2.24) is 9.80 Å². The SMILES string of the molecule is COc1ccc(Cl)cc1C(=O)N1CCC[C@@H]1C(=O)N1CCCCCC1. The minimum absolute atomic E-state index is 0.0914. The van der Waals surface area contributed by atoms with Crippen LogP contribution in [0.15, 0.2) is 18.2 Å². The van der Waals surface area contributed by atoms with E-state index in [1.807, 2.05) is 4.90 Å². The number of halogens is 1. The van der Waals surface area contributed by atoms with Gasteiger partial charge >= 0.3 is 0 Å². The average Bonchev–Trinajstić information content (AvgIpc) is 2.95. The summed E-state index contributed by atoms with van der Waals surface area (Å²) in [7, 11) is 1.53. The number of benzene rings is 1. The number of likely N-dealkylation sites (tertiary alicyclic amines) is 2. The van der Waals surface area contributed by atoms with Crippen LogP contribution in [0.25, 0.3) is 0 Å². The minimum Gasteiger partial charge on any atom is -0.496 e. The summed E-state index contributed by atoms with van der Waals surface area (Å²) in [6.07, 6.45) is 6.03. The zero-order chi connectivity index (χ0) is 17.8. The highest BCUT2D eigenvalue weighted by Gasteiger charge is 2.37. The van der Waals surface area contributed by atoms with Crippen molar-refractivity contribution in [2.75, 3.05) is 26.7 Å². The van der Waals surface area contributed by atoms with Gasteiger partial charge in [-0.25, -0.2) is 0 Å². The molecule has 25 heavy (non-hydrogen) atoms. The molecule has 2 saturated heterocycles. The van der Waals surface area contributed by atoms with Crippen LogP contribution in [0.2, 0.25) is 5.02 Å². The van der Waals surface area contributed by atoms with Gasteiger partial charge in [-0.15, -0.1) is 0 Å². The minimum atomic E-state index is -0.366. The average molecular weight is 365 g/mol. The first-order valence-corrected chi connectivity index (χ1v) is 9.43. The smallest absolute Gasteiger partial charge is 0.258 e. The summed E-state index contributed by atoms with van der Waals surface area (Å²) in [5.41, 5.74) is 0.422. The molecule has 0 saturated carbocycles. The Morgan fingerprint density at radius 3 is 2.48 bits per heavy atom. The third kappa shape index (κ3) is 3.92. The van der Waals surface area contributed by atoms with E-state index in [2.05, 4.69) is 0 Å². The Labute approximate surface area is 153 Å². The van der Waals surface area contributed by atoms with E-state index in [-0.39, 0.29) is 17.9 Å². The zero-order valence-electron chi connectivity index (χ0n) is 14.7. The molecule has 6 heteroatoms. The number of rotatable bonds is 3. The Hall–Kier alpha value is -1.75. The van der Waals surface area contributed by atoms with Crippen molar-refractivity contribution in [3.8, 4) is 5.75 Å². The number of methoxy groups -OCH3 is 1. The molecular weight excluding hydrogens is 340 g/mol. The van der Waals surface area contributed by atoms with Crippen molar-refractivity contribution in [2.45, 2.75) is 44.6 Å². The van der Waals surface area contributed by atoms with E-state index in [1.165, 1.54) is 20.0 Å². The summed E-state index contributed by atoms with van der Waals surface area (Å²) in [5.74, 6) is 0.404. The lowest BCUT2D eigenvalue weighted by atomic mass is 10.1. The normalized spacial score (nSPS) is 21.1. The third-order valence-corrected chi connectivity index (χ3v) is 5.34. The van der Waals surface area contributed by atoms with Crippen LogP contribution < -0.4 is 4.74 Å².